The summed E-state index contributed by atoms with van der Waals surface area (Å²) in [5, 5.41) is 11.6. The molecule has 0 spiro atoms. The molecule has 216 valence electrons. The lowest BCUT2D eigenvalue weighted by Crippen LogP contribution is -2.47. The Labute approximate surface area is 236 Å². The molecule has 4 rings (SSSR count). The number of benzene rings is 3. The zero-order valence-electron chi connectivity index (χ0n) is 22.5. The highest BCUT2D eigenvalue weighted by Crippen LogP contribution is 2.43. The third-order valence-electron chi connectivity index (χ3n) is 6.64. The zero-order chi connectivity index (χ0) is 29.5. The van der Waals surface area contributed by atoms with E-state index >= 15 is 0 Å². The number of amides is 1. The van der Waals surface area contributed by atoms with E-state index in [1.165, 1.54) is 31.4 Å². The van der Waals surface area contributed by atoms with Crippen molar-refractivity contribution in [2.75, 3.05) is 20.3 Å². The summed E-state index contributed by atoms with van der Waals surface area (Å²) in [7, 11) is 1.52. The van der Waals surface area contributed by atoms with Crippen molar-refractivity contribution in [1.29, 1.82) is 0 Å². The Morgan fingerprint density at radius 2 is 1.88 bits per heavy atom. The molecule has 41 heavy (non-hydrogen) atoms. The molecule has 2 atom stereocenters. The predicted octanol–water partition coefficient (Wildman–Crippen LogP) is 5.62. The second-order valence-corrected chi connectivity index (χ2v) is 9.40. The Bertz CT molecular complexity index is 1390. The molecule has 10 heteroatoms. The average molecular weight is 569 g/mol. The Morgan fingerprint density at radius 3 is 2.56 bits per heavy atom. The van der Waals surface area contributed by atoms with Crippen LogP contribution in [0, 0.1) is 0 Å². The second kappa shape index (κ2) is 12.9. The van der Waals surface area contributed by atoms with E-state index in [2.05, 4.69) is 11.9 Å². The van der Waals surface area contributed by atoms with Crippen LogP contribution in [-0.4, -0.2) is 42.8 Å². The number of alkyl halides is 3. The molecule has 1 aliphatic heterocycles. The van der Waals surface area contributed by atoms with E-state index in [4.69, 9.17) is 24.3 Å². The topological polar surface area (TPSA) is 89.4 Å². The largest absolute Gasteiger partial charge is 0.497 e. The number of nitrogens with one attached hydrogen (secondary N) is 1. The first kappa shape index (κ1) is 29.7. The Balaban J connectivity index is 1.70. The minimum atomic E-state index is -4.57. The second-order valence-electron chi connectivity index (χ2n) is 9.40. The van der Waals surface area contributed by atoms with Crippen LogP contribution in [0.25, 0.3) is 0 Å². The van der Waals surface area contributed by atoms with Gasteiger partial charge in [-0.15, -0.1) is 6.58 Å². The first-order valence-electron chi connectivity index (χ1n) is 13.0. The maximum atomic E-state index is 13.9. The first-order valence-corrected chi connectivity index (χ1v) is 13.0. The van der Waals surface area contributed by atoms with Crippen molar-refractivity contribution in [2.45, 2.75) is 37.2 Å². The highest BCUT2D eigenvalue weighted by atomic mass is 19.4. The van der Waals surface area contributed by atoms with Gasteiger partial charge in [0.2, 0.25) is 5.90 Å². The standard InChI is InChI=1S/C31H31F3N2O5/c1-3-16-30(29(38)35-20-23-8-4-5-11-26(23)31(32,33)34)27(22-9-6-10-25(19-22)39-2)41-28(36-30)21-12-14-24(15-13-21)40-18-7-17-37/h3-6,8-15,19,27,37H,1,7,16-18,20H2,2H3,(H,35,38)/t27-,30-/m1/s1. The predicted molar refractivity (Wildman–Crippen MR) is 148 cm³/mol. The van der Waals surface area contributed by atoms with Crippen molar-refractivity contribution in [3.05, 3.63) is 108 Å². The lowest BCUT2D eigenvalue weighted by Gasteiger charge is -2.30. The molecule has 0 unspecified atom stereocenters. The lowest BCUT2D eigenvalue weighted by atomic mass is 9.84. The molecular weight excluding hydrogens is 537 g/mol. The van der Waals surface area contributed by atoms with Crippen LogP contribution in [-0.2, 0) is 22.3 Å². The molecule has 0 aromatic heterocycles. The average Bonchev–Trinajstić information content (AvgIpc) is 3.37. The van der Waals surface area contributed by atoms with Gasteiger partial charge in [-0.2, -0.15) is 13.2 Å². The van der Waals surface area contributed by atoms with Crippen molar-refractivity contribution in [1.82, 2.24) is 5.32 Å². The number of aliphatic hydroxyl groups is 1. The van der Waals surface area contributed by atoms with Crippen LogP contribution in [0.4, 0.5) is 13.2 Å². The summed E-state index contributed by atoms with van der Waals surface area (Å²) in [5.74, 6) is 0.702. The number of methoxy groups -OCH3 is 1. The Morgan fingerprint density at radius 1 is 1.12 bits per heavy atom. The van der Waals surface area contributed by atoms with Gasteiger partial charge in [-0.1, -0.05) is 36.4 Å². The number of hydrogen-bond donors (Lipinski definition) is 2. The van der Waals surface area contributed by atoms with Gasteiger partial charge in [0, 0.05) is 31.6 Å². The fraction of sp³-hybridized carbons (Fsp3) is 0.290. The SMILES string of the molecule is C=CC[C@@]1(C(=O)NCc2ccccc2C(F)(F)F)N=C(c2ccc(OCCCO)cc2)O[C@@H]1c1cccc(OC)c1. The minimum absolute atomic E-state index is 0.0175. The highest BCUT2D eigenvalue weighted by Gasteiger charge is 2.52. The van der Waals surface area contributed by atoms with Gasteiger partial charge in [-0.3, -0.25) is 4.79 Å². The van der Waals surface area contributed by atoms with Crippen LogP contribution in [0.5, 0.6) is 11.5 Å². The summed E-state index contributed by atoms with van der Waals surface area (Å²) >= 11 is 0. The smallest absolute Gasteiger partial charge is 0.416 e. The molecule has 0 aliphatic carbocycles. The van der Waals surface area contributed by atoms with Gasteiger partial charge >= 0.3 is 6.18 Å². The number of aliphatic imine (C=N–C) groups is 1. The van der Waals surface area contributed by atoms with Crippen molar-refractivity contribution in [3.63, 3.8) is 0 Å². The maximum absolute atomic E-state index is 13.9. The number of hydrogen-bond acceptors (Lipinski definition) is 6. The molecule has 0 saturated carbocycles. The van der Waals surface area contributed by atoms with Gasteiger partial charge < -0.3 is 24.6 Å². The van der Waals surface area contributed by atoms with E-state index in [1.54, 1.807) is 48.5 Å². The normalized spacial score (nSPS) is 18.3. The number of aliphatic hydroxyl groups excluding tert-OH is 1. The maximum Gasteiger partial charge on any atom is 0.416 e. The Kier molecular flexibility index (Phi) is 9.34. The van der Waals surface area contributed by atoms with Crippen LogP contribution in [0.1, 0.15) is 41.2 Å². The molecule has 0 fully saturated rings. The summed E-state index contributed by atoms with van der Waals surface area (Å²) < 4.78 is 58.0. The molecule has 0 bridgehead atoms. The molecule has 1 heterocycles. The van der Waals surface area contributed by atoms with Crippen molar-refractivity contribution in [2.24, 2.45) is 4.99 Å². The van der Waals surface area contributed by atoms with Crippen molar-refractivity contribution >= 4 is 11.8 Å². The molecule has 7 nitrogen and oxygen atoms in total. The van der Waals surface area contributed by atoms with Gasteiger partial charge in [0.1, 0.15) is 11.5 Å². The van der Waals surface area contributed by atoms with Crippen LogP contribution in [0.3, 0.4) is 0 Å². The zero-order valence-corrected chi connectivity index (χ0v) is 22.5. The molecule has 0 radical (unpaired) electrons. The number of rotatable bonds is 12. The van der Waals surface area contributed by atoms with E-state index in [-0.39, 0.29) is 31.0 Å². The van der Waals surface area contributed by atoms with E-state index in [0.717, 1.165) is 6.07 Å². The summed E-state index contributed by atoms with van der Waals surface area (Å²) in [4.78, 5) is 18.7. The molecule has 2 N–H and O–H groups in total. The monoisotopic (exact) mass is 568 g/mol. The molecule has 0 saturated heterocycles. The van der Waals surface area contributed by atoms with Crippen molar-refractivity contribution < 1.29 is 37.3 Å². The number of carbonyl (C=O) groups is 1. The molecular formula is C31H31F3N2O5. The quantitative estimate of drug-likeness (QED) is 0.219. The van der Waals surface area contributed by atoms with Crippen LogP contribution < -0.4 is 14.8 Å². The van der Waals surface area contributed by atoms with E-state index < -0.39 is 29.3 Å². The van der Waals surface area contributed by atoms with Gasteiger partial charge in [-0.25, -0.2) is 4.99 Å². The molecule has 3 aromatic rings. The summed E-state index contributed by atoms with van der Waals surface area (Å²) in [6.45, 7) is 3.82. The summed E-state index contributed by atoms with van der Waals surface area (Å²) in [5.41, 5.74) is -1.28. The number of carbonyl (C=O) groups excluding carboxylic acids is 1. The minimum Gasteiger partial charge on any atom is -0.497 e. The lowest BCUT2D eigenvalue weighted by molar-refractivity contribution is -0.138. The van der Waals surface area contributed by atoms with Crippen LogP contribution in [0.15, 0.2) is 90.4 Å². The molecule has 1 amide bonds. The first-order chi connectivity index (χ1) is 19.7. The summed E-state index contributed by atoms with van der Waals surface area (Å²) in [6.07, 6.45) is -3.42. The molecule has 1 aliphatic rings. The third-order valence-corrected chi connectivity index (χ3v) is 6.64. The number of halogens is 3. The number of ether oxygens (including phenoxy) is 3. The fourth-order valence-corrected chi connectivity index (χ4v) is 4.62. The Hall–Kier alpha value is -4.31. The van der Waals surface area contributed by atoms with Gasteiger partial charge in [0.05, 0.1) is 19.3 Å². The van der Waals surface area contributed by atoms with Crippen molar-refractivity contribution in [3.8, 4) is 11.5 Å². The fourth-order valence-electron chi connectivity index (χ4n) is 4.62. The molecule has 3 aromatic carbocycles. The van der Waals surface area contributed by atoms with Crippen LogP contribution >= 0.6 is 0 Å². The van der Waals surface area contributed by atoms with E-state index in [9.17, 15) is 18.0 Å². The van der Waals surface area contributed by atoms with E-state index in [0.29, 0.717) is 35.7 Å². The third kappa shape index (κ3) is 6.71. The van der Waals surface area contributed by atoms with Gasteiger partial charge in [0.15, 0.2) is 11.6 Å². The van der Waals surface area contributed by atoms with E-state index in [1.807, 2.05) is 0 Å². The summed E-state index contributed by atoms with van der Waals surface area (Å²) in [6, 6.07) is 19.0. The van der Waals surface area contributed by atoms with Gasteiger partial charge in [-0.05, 0) is 53.6 Å². The number of nitrogens with zero attached hydrogens (tertiary/aromatic N) is 1. The van der Waals surface area contributed by atoms with Gasteiger partial charge in [0.25, 0.3) is 5.91 Å². The van der Waals surface area contributed by atoms with Crippen LogP contribution in [0.2, 0.25) is 0 Å². The highest BCUT2D eigenvalue weighted by molar-refractivity contribution is 6.01.